The molecule has 1 aliphatic heterocycles. The van der Waals surface area contributed by atoms with Crippen LogP contribution in [0, 0.1) is 4.77 Å². The van der Waals surface area contributed by atoms with Crippen molar-refractivity contribution in [1.29, 1.82) is 0 Å². The predicted molar refractivity (Wildman–Crippen MR) is 122 cm³/mol. The smallest absolute Gasteiger partial charge is 0.252 e. The van der Waals surface area contributed by atoms with Crippen molar-refractivity contribution in [2.45, 2.75) is 5.37 Å². The number of aromatic amines is 1. The third-order valence-corrected chi connectivity index (χ3v) is 6.22. The number of thioether (sulfide) groups is 1. The number of pyridine rings is 1. The lowest BCUT2D eigenvalue weighted by Gasteiger charge is -2.26. The van der Waals surface area contributed by atoms with Crippen LogP contribution >= 0.6 is 24.0 Å². The van der Waals surface area contributed by atoms with Gasteiger partial charge in [-0.1, -0.05) is 30.3 Å². The van der Waals surface area contributed by atoms with Crippen LogP contribution in [0.1, 0.15) is 10.9 Å². The van der Waals surface area contributed by atoms with E-state index < -0.39 is 0 Å². The van der Waals surface area contributed by atoms with E-state index in [1.807, 2.05) is 66.7 Å². The lowest BCUT2D eigenvalue weighted by atomic mass is 10.2. The first-order valence-corrected chi connectivity index (χ1v) is 11.0. The third-order valence-electron chi connectivity index (χ3n) is 4.75. The molecular weight excluding hydrogens is 430 g/mol. The van der Waals surface area contributed by atoms with Gasteiger partial charge in [0.05, 0.1) is 5.75 Å². The molecule has 0 aliphatic carbocycles. The van der Waals surface area contributed by atoms with Crippen molar-refractivity contribution in [2.75, 3.05) is 10.8 Å². The number of hydrogen-bond acceptors (Lipinski definition) is 6. The topological polar surface area (TPSA) is 76.0 Å². The van der Waals surface area contributed by atoms with Crippen molar-refractivity contribution < 1.29 is 9.53 Å². The van der Waals surface area contributed by atoms with Crippen LogP contribution in [-0.2, 0) is 4.79 Å². The minimum absolute atomic E-state index is 0.0491. The molecule has 0 saturated carbocycles. The van der Waals surface area contributed by atoms with Gasteiger partial charge in [0.25, 0.3) is 5.91 Å². The van der Waals surface area contributed by atoms with E-state index in [0.29, 0.717) is 22.1 Å². The maximum absolute atomic E-state index is 12.9. The molecule has 31 heavy (non-hydrogen) atoms. The Labute approximate surface area is 187 Å². The van der Waals surface area contributed by atoms with E-state index in [2.05, 4.69) is 15.2 Å². The van der Waals surface area contributed by atoms with Gasteiger partial charge in [-0.2, -0.15) is 5.10 Å². The molecule has 4 aromatic rings. The molecule has 2 aromatic heterocycles. The summed E-state index contributed by atoms with van der Waals surface area (Å²) in [6.45, 7) is 0. The molecule has 0 spiro atoms. The second-order valence-electron chi connectivity index (χ2n) is 6.80. The zero-order chi connectivity index (χ0) is 21.2. The molecule has 0 radical (unpaired) electrons. The number of benzene rings is 2. The zero-order valence-corrected chi connectivity index (χ0v) is 17.8. The molecule has 1 aliphatic rings. The summed E-state index contributed by atoms with van der Waals surface area (Å²) in [6.07, 6.45) is 3.38. The highest BCUT2D eigenvalue weighted by Gasteiger charge is 2.36. The number of hydrogen-bond donors (Lipinski definition) is 1. The summed E-state index contributed by atoms with van der Waals surface area (Å²) in [5, 5.41) is 8.54. The number of aromatic nitrogens is 4. The number of carbonyl (C=O) groups excluding carboxylic acids is 1. The Morgan fingerprint density at radius 2 is 1.90 bits per heavy atom. The summed E-state index contributed by atoms with van der Waals surface area (Å²) in [5.74, 6) is 2.28. The van der Waals surface area contributed by atoms with E-state index in [1.165, 1.54) is 11.8 Å². The first kappa shape index (κ1) is 19.5. The summed E-state index contributed by atoms with van der Waals surface area (Å²) < 4.78 is 7.98. The van der Waals surface area contributed by atoms with Gasteiger partial charge < -0.3 is 4.74 Å². The number of para-hydroxylation sites is 1. The number of carbonyl (C=O) groups is 1. The number of nitrogens with one attached hydrogen (secondary N) is 1. The first-order chi connectivity index (χ1) is 15.2. The van der Waals surface area contributed by atoms with Crippen LogP contribution in [0.2, 0.25) is 0 Å². The standard InChI is InChI=1S/C22H17N5O2S2/c28-19-14-31-21(15-6-4-10-18(12-15)29-17-8-2-1-3-9-17)26(19)27-20(24-25-22(27)30)16-7-5-11-23-13-16/h1-13,21H,14H2,(H,25,30). The number of amides is 1. The highest BCUT2D eigenvalue weighted by molar-refractivity contribution is 8.00. The second kappa shape index (κ2) is 8.37. The lowest BCUT2D eigenvalue weighted by Crippen LogP contribution is -2.38. The van der Waals surface area contributed by atoms with E-state index in [0.717, 1.165) is 16.9 Å². The molecular formula is C22H17N5O2S2. The SMILES string of the molecule is O=C1CSC(c2cccc(Oc3ccccc3)c2)N1n1c(-c2cccnc2)n[nH]c1=S. The Hall–Kier alpha value is -3.43. The van der Waals surface area contributed by atoms with E-state index in [1.54, 1.807) is 22.1 Å². The second-order valence-corrected chi connectivity index (χ2v) is 8.25. The predicted octanol–water partition coefficient (Wildman–Crippen LogP) is 4.71. The Kier molecular flexibility index (Phi) is 5.27. The Balaban J connectivity index is 1.52. The monoisotopic (exact) mass is 447 g/mol. The number of H-pyrrole nitrogens is 1. The normalized spacial score (nSPS) is 15.9. The van der Waals surface area contributed by atoms with Gasteiger partial charge in [0.15, 0.2) is 5.82 Å². The molecule has 1 fully saturated rings. The van der Waals surface area contributed by atoms with Crippen LogP contribution in [-0.4, -0.2) is 31.5 Å². The van der Waals surface area contributed by atoms with Crippen molar-refractivity contribution >= 4 is 29.9 Å². The number of nitrogens with zero attached hydrogens (tertiary/aromatic N) is 4. The summed E-state index contributed by atoms with van der Waals surface area (Å²) in [7, 11) is 0. The van der Waals surface area contributed by atoms with Crippen molar-refractivity contribution in [2.24, 2.45) is 0 Å². The van der Waals surface area contributed by atoms with Crippen molar-refractivity contribution in [3.8, 4) is 22.9 Å². The van der Waals surface area contributed by atoms with Crippen LogP contribution in [0.3, 0.4) is 0 Å². The van der Waals surface area contributed by atoms with Crippen LogP contribution in [0.4, 0.5) is 0 Å². The minimum atomic E-state index is -0.272. The molecule has 3 heterocycles. The summed E-state index contributed by atoms with van der Waals surface area (Å²) >= 11 is 7.01. The molecule has 7 nitrogen and oxygen atoms in total. The average molecular weight is 448 g/mol. The molecule has 5 rings (SSSR count). The highest BCUT2D eigenvalue weighted by atomic mass is 32.2. The molecule has 1 N–H and O–H groups in total. The minimum Gasteiger partial charge on any atom is -0.457 e. The fourth-order valence-corrected chi connectivity index (χ4v) is 4.75. The molecule has 1 amide bonds. The largest absolute Gasteiger partial charge is 0.457 e. The molecule has 1 saturated heterocycles. The summed E-state index contributed by atoms with van der Waals surface area (Å²) in [4.78, 5) is 17.1. The van der Waals surface area contributed by atoms with Crippen LogP contribution < -0.4 is 9.75 Å². The fraction of sp³-hybridized carbons (Fsp3) is 0.0909. The van der Waals surface area contributed by atoms with E-state index >= 15 is 0 Å². The van der Waals surface area contributed by atoms with Gasteiger partial charge in [0.1, 0.15) is 16.9 Å². The average Bonchev–Trinajstić information content (AvgIpc) is 3.37. The van der Waals surface area contributed by atoms with Gasteiger partial charge >= 0.3 is 0 Å². The Morgan fingerprint density at radius 3 is 2.71 bits per heavy atom. The summed E-state index contributed by atoms with van der Waals surface area (Å²) in [5.41, 5.74) is 1.70. The van der Waals surface area contributed by atoms with Crippen molar-refractivity contribution in [3.05, 3.63) is 89.5 Å². The summed E-state index contributed by atoms with van der Waals surface area (Å²) in [6, 6.07) is 21.0. The van der Waals surface area contributed by atoms with Gasteiger partial charge in [-0.15, -0.1) is 11.8 Å². The van der Waals surface area contributed by atoms with Crippen molar-refractivity contribution in [3.63, 3.8) is 0 Å². The van der Waals surface area contributed by atoms with Gasteiger partial charge in [-0.3, -0.25) is 9.78 Å². The molecule has 0 bridgehead atoms. The lowest BCUT2D eigenvalue weighted by molar-refractivity contribution is -0.117. The number of ether oxygens (including phenoxy) is 1. The van der Waals surface area contributed by atoms with Crippen molar-refractivity contribution in [1.82, 2.24) is 19.9 Å². The van der Waals surface area contributed by atoms with Crippen LogP contribution in [0.25, 0.3) is 11.4 Å². The van der Waals surface area contributed by atoms with E-state index in [-0.39, 0.29) is 11.3 Å². The van der Waals surface area contributed by atoms with Gasteiger partial charge in [-0.05, 0) is 54.2 Å². The highest BCUT2D eigenvalue weighted by Crippen LogP contribution is 2.40. The molecule has 9 heteroatoms. The third kappa shape index (κ3) is 3.85. The fourth-order valence-electron chi connectivity index (χ4n) is 3.40. The quantitative estimate of drug-likeness (QED) is 0.447. The Bertz CT molecular complexity index is 1270. The van der Waals surface area contributed by atoms with Gasteiger partial charge in [0.2, 0.25) is 4.77 Å². The molecule has 1 atom stereocenters. The molecule has 1 unspecified atom stereocenters. The maximum Gasteiger partial charge on any atom is 0.252 e. The van der Waals surface area contributed by atoms with E-state index in [9.17, 15) is 4.79 Å². The molecule has 154 valence electrons. The van der Waals surface area contributed by atoms with Crippen LogP contribution in [0.5, 0.6) is 11.5 Å². The molecule has 2 aromatic carbocycles. The van der Waals surface area contributed by atoms with Gasteiger partial charge in [0, 0.05) is 18.0 Å². The van der Waals surface area contributed by atoms with Gasteiger partial charge in [-0.25, -0.2) is 14.8 Å². The maximum atomic E-state index is 12.9. The van der Waals surface area contributed by atoms with Crippen LogP contribution in [0.15, 0.2) is 79.1 Å². The zero-order valence-electron chi connectivity index (χ0n) is 16.2. The number of rotatable bonds is 5. The van der Waals surface area contributed by atoms with E-state index in [4.69, 9.17) is 17.0 Å². The first-order valence-electron chi connectivity index (χ1n) is 9.55. The Morgan fingerprint density at radius 1 is 1.06 bits per heavy atom.